The van der Waals surface area contributed by atoms with E-state index < -0.39 is 0 Å². The fourth-order valence-corrected chi connectivity index (χ4v) is 5.76. The Morgan fingerprint density at radius 1 is 1.26 bits per heavy atom. The number of rotatable bonds is 9. The normalized spacial score (nSPS) is 15.9. The van der Waals surface area contributed by atoms with Crippen molar-refractivity contribution in [3.8, 4) is 0 Å². The summed E-state index contributed by atoms with van der Waals surface area (Å²) in [5.74, 6) is 1.05. The standard InChI is InChI=1S/C23H29BrN2O3S2/c1-16(14-18-5-4-17(2)20(24)15-18)8-10-25-12-13-30-23(28)26(25)11-9-19-6-7-21(31-19)22(27)29-3/h4-7,15-16H,8-14H2,1-3H3. The predicted octanol–water partition coefficient (Wildman–Crippen LogP) is 5.80. The number of halogens is 1. The quantitative estimate of drug-likeness (QED) is 0.387. The number of benzene rings is 1. The molecule has 0 saturated carbocycles. The number of ether oxygens (including phenoxy) is 1. The first-order valence-electron chi connectivity index (χ1n) is 10.5. The maximum absolute atomic E-state index is 12.6. The summed E-state index contributed by atoms with van der Waals surface area (Å²) < 4.78 is 5.94. The van der Waals surface area contributed by atoms with Gasteiger partial charge in [-0.2, -0.15) is 0 Å². The maximum Gasteiger partial charge on any atom is 0.348 e. The highest BCUT2D eigenvalue weighted by Gasteiger charge is 2.27. The van der Waals surface area contributed by atoms with Gasteiger partial charge in [0.15, 0.2) is 0 Å². The first-order chi connectivity index (χ1) is 14.9. The van der Waals surface area contributed by atoms with E-state index in [1.54, 1.807) is 6.07 Å². The van der Waals surface area contributed by atoms with Gasteiger partial charge in [-0.15, -0.1) is 11.3 Å². The second-order valence-electron chi connectivity index (χ2n) is 7.88. The number of esters is 1. The van der Waals surface area contributed by atoms with Crippen molar-refractivity contribution in [3.63, 3.8) is 0 Å². The fraction of sp³-hybridized carbons (Fsp3) is 0.478. The minimum atomic E-state index is -0.308. The zero-order valence-corrected chi connectivity index (χ0v) is 21.4. The molecule has 3 rings (SSSR count). The summed E-state index contributed by atoms with van der Waals surface area (Å²) in [5.41, 5.74) is 2.59. The largest absolute Gasteiger partial charge is 0.465 e. The minimum Gasteiger partial charge on any atom is -0.465 e. The number of nitrogens with zero attached hydrogens (tertiary/aromatic N) is 2. The molecular formula is C23H29BrN2O3S2. The average molecular weight is 526 g/mol. The van der Waals surface area contributed by atoms with Crippen molar-refractivity contribution >= 4 is 50.2 Å². The molecule has 31 heavy (non-hydrogen) atoms. The number of thiophene rings is 1. The maximum atomic E-state index is 12.6. The Hall–Kier alpha value is -1.35. The molecule has 1 aromatic carbocycles. The van der Waals surface area contributed by atoms with Crippen LogP contribution in [-0.2, 0) is 17.6 Å². The molecule has 1 aliphatic heterocycles. The summed E-state index contributed by atoms with van der Waals surface area (Å²) in [6.45, 7) is 6.77. The van der Waals surface area contributed by atoms with Crippen molar-refractivity contribution in [1.29, 1.82) is 0 Å². The van der Waals surface area contributed by atoms with Crippen LogP contribution in [0.2, 0.25) is 0 Å². The lowest BCUT2D eigenvalue weighted by atomic mass is 9.97. The molecule has 0 aliphatic carbocycles. The third kappa shape index (κ3) is 6.81. The van der Waals surface area contributed by atoms with Crippen molar-refractivity contribution in [1.82, 2.24) is 10.0 Å². The molecular weight excluding hydrogens is 496 g/mol. The number of hydrazine groups is 1. The number of amides is 1. The van der Waals surface area contributed by atoms with E-state index in [2.05, 4.69) is 53.0 Å². The Balaban J connectivity index is 1.53. The molecule has 2 heterocycles. The van der Waals surface area contributed by atoms with Gasteiger partial charge < -0.3 is 4.74 Å². The second kappa shape index (κ2) is 11.5. The van der Waals surface area contributed by atoms with E-state index >= 15 is 0 Å². The molecule has 1 atom stereocenters. The van der Waals surface area contributed by atoms with Crippen molar-refractivity contribution in [3.05, 3.63) is 55.7 Å². The Bertz CT molecular complexity index is 918. The molecule has 0 N–H and O–H groups in total. The van der Waals surface area contributed by atoms with Gasteiger partial charge in [-0.3, -0.25) is 9.80 Å². The number of carbonyl (C=O) groups excluding carboxylic acids is 2. The van der Waals surface area contributed by atoms with Crippen LogP contribution in [0.5, 0.6) is 0 Å². The van der Waals surface area contributed by atoms with Gasteiger partial charge in [-0.1, -0.05) is 46.7 Å². The molecule has 0 spiro atoms. The van der Waals surface area contributed by atoms with E-state index in [9.17, 15) is 9.59 Å². The highest BCUT2D eigenvalue weighted by Crippen LogP contribution is 2.24. The highest BCUT2D eigenvalue weighted by molar-refractivity contribution is 9.10. The molecule has 1 amide bonds. The van der Waals surface area contributed by atoms with Gasteiger partial charge in [-0.05, 0) is 55.0 Å². The SMILES string of the molecule is COC(=O)c1ccc(CCN2C(=O)SCCN2CCC(C)Cc2ccc(C)c(Br)c2)s1. The van der Waals surface area contributed by atoms with E-state index in [4.69, 9.17) is 4.74 Å². The Kier molecular flexibility index (Phi) is 9.01. The van der Waals surface area contributed by atoms with Crippen LogP contribution < -0.4 is 0 Å². The summed E-state index contributed by atoms with van der Waals surface area (Å²) in [6.07, 6.45) is 2.80. The minimum absolute atomic E-state index is 0.117. The molecule has 1 saturated heterocycles. The van der Waals surface area contributed by atoms with Crippen LogP contribution >= 0.6 is 39.0 Å². The smallest absolute Gasteiger partial charge is 0.348 e. The molecule has 168 valence electrons. The number of methoxy groups -OCH3 is 1. The van der Waals surface area contributed by atoms with E-state index in [0.717, 1.165) is 47.5 Å². The van der Waals surface area contributed by atoms with Crippen LogP contribution in [0.15, 0.2) is 34.8 Å². The van der Waals surface area contributed by atoms with E-state index in [1.807, 2.05) is 11.1 Å². The third-order valence-corrected chi connectivity index (χ3v) is 8.27. The van der Waals surface area contributed by atoms with Crippen LogP contribution in [0.4, 0.5) is 4.79 Å². The van der Waals surface area contributed by atoms with Gasteiger partial charge in [0, 0.05) is 41.2 Å². The summed E-state index contributed by atoms with van der Waals surface area (Å²) in [7, 11) is 1.39. The third-order valence-electron chi connectivity index (χ3n) is 5.45. The zero-order valence-electron chi connectivity index (χ0n) is 18.2. The Morgan fingerprint density at radius 2 is 2.06 bits per heavy atom. The highest BCUT2D eigenvalue weighted by atomic mass is 79.9. The topological polar surface area (TPSA) is 49.9 Å². The van der Waals surface area contributed by atoms with E-state index in [0.29, 0.717) is 17.3 Å². The van der Waals surface area contributed by atoms with Crippen LogP contribution in [-0.4, -0.2) is 53.7 Å². The number of carbonyl (C=O) groups is 2. The summed E-state index contributed by atoms with van der Waals surface area (Å²) >= 11 is 6.45. The molecule has 0 radical (unpaired) electrons. The number of hydrogen-bond acceptors (Lipinski definition) is 6. The van der Waals surface area contributed by atoms with E-state index in [1.165, 1.54) is 41.3 Å². The summed E-state index contributed by atoms with van der Waals surface area (Å²) in [6, 6.07) is 10.3. The van der Waals surface area contributed by atoms with Crippen molar-refractivity contribution in [2.24, 2.45) is 5.92 Å². The second-order valence-corrected chi connectivity index (χ2v) is 10.9. The monoisotopic (exact) mass is 524 g/mol. The van der Waals surface area contributed by atoms with Crippen LogP contribution in [0, 0.1) is 12.8 Å². The molecule has 1 aromatic heterocycles. The molecule has 2 aromatic rings. The van der Waals surface area contributed by atoms with Gasteiger partial charge in [-0.25, -0.2) is 9.80 Å². The molecule has 8 heteroatoms. The lowest BCUT2D eigenvalue weighted by Crippen LogP contribution is -2.50. The first kappa shape index (κ1) is 24.3. The summed E-state index contributed by atoms with van der Waals surface area (Å²) in [4.78, 5) is 25.9. The number of thioether (sulfide) groups is 1. The van der Waals surface area contributed by atoms with Crippen LogP contribution in [0.3, 0.4) is 0 Å². The zero-order chi connectivity index (χ0) is 22.4. The first-order valence-corrected chi connectivity index (χ1v) is 13.1. The number of hydrogen-bond donors (Lipinski definition) is 0. The predicted molar refractivity (Wildman–Crippen MR) is 132 cm³/mol. The van der Waals surface area contributed by atoms with Crippen molar-refractivity contribution in [2.45, 2.75) is 33.1 Å². The van der Waals surface area contributed by atoms with Gasteiger partial charge in [0.1, 0.15) is 4.88 Å². The molecule has 0 bridgehead atoms. The van der Waals surface area contributed by atoms with Crippen molar-refractivity contribution in [2.75, 3.05) is 32.5 Å². The van der Waals surface area contributed by atoms with Crippen LogP contribution in [0.1, 0.15) is 39.0 Å². The molecule has 1 unspecified atom stereocenters. The van der Waals surface area contributed by atoms with Gasteiger partial charge >= 0.3 is 5.97 Å². The Labute approximate surface area is 201 Å². The van der Waals surface area contributed by atoms with Gasteiger partial charge in [0.2, 0.25) is 0 Å². The van der Waals surface area contributed by atoms with Gasteiger partial charge in [0.25, 0.3) is 5.24 Å². The van der Waals surface area contributed by atoms with Crippen LogP contribution in [0.25, 0.3) is 0 Å². The lowest BCUT2D eigenvalue weighted by molar-refractivity contribution is 0.0241. The lowest BCUT2D eigenvalue weighted by Gasteiger charge is -2.38. The Morgan fingerprint density at radius 3 is 2.81 bits per heavy atom. The molecule has 1 fully saturated rings. The van der Waals surface area contributed by atoms with Gasteiger partial charge in [0.05, 0.1) is 7.11 Å². The summed E-state index contributed by atoms with van der Waals surface area (Å²) in [5, 5.41) is 4.21. The average Bonchev–Trinajstić information content (AvgIpc) is 3.22. The van der Waals surface area contributed by atoms with Crippen molar-refractivity contribution < 1.29 is 14.3 Å². The fourth-order valence-electron chi connectivity index (χ4n) is 3.59. The number of aryl methyl sites for hydroxylation is 1. The molecule has 1 aliphatic rings. The van der Waals surface area contributed by atoms with E-state index in [-0.39, 0.29) is 11.2 Å². The molecule has 5 nitrogen and oxygen atoms in total.